The minimum absolute atomic E-state index is 0.0301. The number of hydrogen-bond donors (Lipinski definition) is 2. The molecule has 2 fully saturated rings. The van der Waals surface area contributed by atoms with Crippen LogP contribution >= 0.6 is 22.6 Å². The summed E-state index contributed by atoms with van der Waals surface area (Å²) in [6.45, 7) is 6.83. The molecule has 1 aliphatic carbocycles. The first-order valence-electron chi connectivity index (χ1n) is 15.6. The van der Waals surface area contributed by atoms with Crippen molar-refractivity contribution in [2.45, 2.75) is 44.8 Å². The Labute approximate surface area is 285 Å². The van der Waals surface area contributed by atoms with Crippen LogP contribution in [0.2, 0.25) is 5.04 Å². The Morgan fingerprint density at radius 1 is 1.00 bits per heavy atom. The number of allylic oxidation sites excluding steroid dienone is 1. The first-order valence-corrected chi connectivity index (χ1v) is 18.6. The number of carbonyl (C=O) groups is 2. The molecule has 2 N–H and O–H groups in total. The number of nitrogens with zero attached hydrogens (tertiary/aromatic N) is 1. The van der Waals surface area contributed by atoms with Gasteiger partial charge in [0, 0.05) is 7.05 Å². The number of phenolic OH excluding ortho intramolecular Hbond substituents is 1. The van der Waals surface area contributed by atoms with Crippen molar-refractivity contribution >= 4 is 60.2 Å². The molecule has 8 nitrogen and oxygen atoms in total. The molecule has 0 saturated carbocycles. The summed E-state index contributed by atoms with van der Waals surface area (Å²) in [7, 11) is -1.21. The highest BCUT2D eigenvalue weighted by molar-refractivity contribution is 14.1. The minimum Gasteiger partial charge on any atom is -0.504 e. The third-order valence-corrected chi connectivity index (χ3v) is 15.8. The molecule has 0 radical (unpaired) electrons. The Bertz CT molecular complexity index is 1640. The Balaban J connectivity index is 1.44. The van der Waals surface area contributed by atoms with E-state index in [1.165, 1.54) is 12.0 Å². The molecular formula is C35H39BINO7Si. The first kappa shape index (κ1) is 33.0. The Hall–Kier alpha value is -2.97. The molecule has 0 unspecified atom stereocenters. The number of carbonyl (C=O) groups excluding carboxylic acids is 2. The molecule has 3 aromatic rings. The number of halogens is 1. The SMILES string of the molecule is COc1cc([C@@H]2C[C@@H]3C(=C(CO[Si](c4ccccc4)(c4ccccc4)C(C)(C)C)C[C@@H]4C(=O)N(C)C(=O)[C@@H]43)B(O)O2)cc(I)c1O. The van der Waals surface area contributed by atoms with Crippen molar-refractivity contribution in [3.05, 3.63) is 93.0 Å². The fraction of sp³-hybridized carbons (Fsp3) is 0.371. The molecule has 6 rings (SSSR count). The van der Waals surface area contributed by atoms with Gasteiger partial charge >= 0.3 is 7.12 Å². The Morgan fingerprint density at radius 3 is 2.17 bits per heavy atom. The van der Waals surface area contributed by atoms with Crippen molar-refractivity contribution in [3.63, 3.8) is 0 Å². The van der Waals surface area contributed by atoms with Crippen LogP contribution in [0.4, 0.5) is 0 Å². The topological polar surface area (TPSA) is 106 Å². The lowest BCUT2D eigenvalue weighted by Gasteiger charge is -2.45. The average molecular weight is 751 g/mol. The van der Waals surface area contributed by atoms with E-state index in [1.54, 1.807) is 19.2 Å². The maximum absolute atomic E-state index is 13.6. The number of imide groups is 1. The molecule has 2 saturated heterocycles. The average Bonchev–Trinajstić information content (AvgIpc) is 3.26. The largest absolute Gasteiger partial charge is 0.504 e. The van der Waals surface area contributed by atoms with E-state index in [0.29, 0.717) is 27.6 Å². The molecule has 2 aliphatic heterocycles. The molecule has 0 spiro atoms. The van der Waals surface area contributed by atoms with Crippen molar-refractivity contribution in [3.8, 4) is 11.5 Å². The summed E-state index contributed by atoms with van der Waals surface area (Å²) in [6.07, 6.45) is 0.116. The van der Waals surface area contributed by atoms with Crippen molar-refractivity contribution in [2.24, 2.45) is 17.8 Å². The van der Waals surface area contributed by atoms with E-state index in [1.807, 2.05) is 59.0 Å². The van der Waals surface area contributed by atoms with E-state index in [4.69, 9.17) is 13.8 Å². The molecule has 46 heavy (non-hydrogen) atoms. The predicted molar refractivity (Wildman–Crippen MR) is 187 cm³/mol. The van der Waals surface area contributed by atoms with Gasteiger partial charge in [0.05, 0.1) is 35.2 Å². The fourth-order valence-electron chi connectivity index (χ4n) is 7.81. The maximum Gasteiger partial charge on any atom is 0.487 e. The van der Waals surface area contributed by atoms with Crippen molar-refractivity contribution in [1.29, 1.82) is 0 Å². The molecule has 0 bridgehead atoms. The van der Waals surface area contributed by atoms with Crippen LogP contribution in [0.15, 0.2) is 83.8 Å². The number of rotatable bonds is 7. The van der Waals surface area contributed by atoms with Gasteiger partial charge in [0.15, 0.2) is 11.5 Å². The number of benzene rings is 3. The van der Waals surface area contributed by atoms with Crippen LogP contribution in [-0.2, 0) is 18.7 Å². The van der Waals surface area contributed by atoms with Gasteiger partial charge in [-0.15, -0.1) is 0 Å². The molecule has 240 valence electrons. The summed E-state index contributed by atoms with van der Waals surface area (Å²) in [4.78, 5) is 28.3. The van der Waals surface area contributed by atoms with Gasteiger partial charge in [-0.1, -0.05) is 81.4 Å². The molecule has 3 aliphatic rings. The van der Waals surface area contributed by atoms with Crippen molar-refractivity contribution in [1.82, 2.24) is 4.90 Å². The summed E-state index contributed by atoms with van der Waals surface area (Å²) in [5.74, 6) is -1.65. The van der Waals surface area contributed by atoms with Gasteiger partial charge in [-0.05, 0) is 85.5 Å². The van der Waals surface area contributed by atoms with Crippen LogP contribution in [0, 0.1) is 21.3 Å². The second-order valence-corrected chi connectivity index (χ2v) is 18.9. The molecule has 11 heteroatoms. The number of fused-ring (bicyclic) bond motifs is 3. The zero-order valence-corrected chi connectivity index (χ0v) is 29.9. The number of methoxy groups -OCH3 is 1. The van der Waals surface area contributed by atoms with Gasteiger partial charge < -0.3 is 23.9 Å². The molecular weight excluding hydrogens is 712 g/mol. The van der Waals surface area contributed by atoms with Crippen LogP contribution in [-0.4, -0.2) is 63.0 Å². The Kier molecular flexibility index (Phi) is 9.00. The summed E-state index contributed by atoms with van der Waals surface area (Å²) in [6, 6.07) is 24.2. The molecule has 2 heterocycles. The maximum atomic E-state index is 13.6. The zero-order chi connectivity index (χ0) is 33.0. The van der Waals surface area contributed by atoms with E-state index in [0.717, 1.165) is 21.5 Å². The third kappa shape index (κ3) is 5.43. The van der Waals surface area contributed by atoms with E-state index in [9.17, 15) is 19.7 Å². The van der Waals surface area contributed by atoms with Gasteiger partial charge in [-0.2, -0.15) is 0 Å². The van der Waals surface area contributed by atoms with Crippen LogP contribution in [0.25, 0.3) is 0 Å². The number of phenols is 1. The molecule has 0 aromatic heterocycles. The normalized spacial score (nSPS) is 23.5. The lowest BCUT2D eigenvalue weighted by molar-refractivity contribution is -0.138. The van der Waals surface area contributed by atoms with Gasteiger partial charge in [0.1, 0.15) is 0 Å². The van der Waals surface area contributed by atoms with E-state index in [-0.39, 0.29) is 29.2 Å². The minimum atomic E-state index is -2.94. The quantitative estimate of drug-likeness (QED) is 0.207. The van der Waals surface area contributed by atoms with Crippen molar-refractivity contribution < 1.29 is 33.5 Å². The number of ether oxygens (including phenoxy) is 1. The van der Waals surface area contributed by atoms with Crippen LogP contribution in [0.3, 0.4) is 0 Å². The zero-order valence-electron chi connectivity index (χ0n) is 26.7. The summed E-state index contributed by atoms with van der Waals surface area (Å²) < 4.78 is 19.5. The second-order valence-electron chi connectivity index (χ2n) is 13.5. The van der Waals surface area contributed by atoms with E-state index < -0.39 is 39.3 Å². The Morgan fingerprint density at radius 2 is 1.61 bits per heavy atom. The number of likely N-dealkylation sites (tertiary alicyclic amines) is 1. The fourth-order valence-corrected chi connectivity index (χ4v) is 13.0. The van der Waals surface area contributed by atoms with Crippen LogP contribution in [0.5, 0.6) is 11.5 Å². The van der Waals surface area contributed by atoms with Gasteiger partial charge in [0.2, 0.25) is 11.8 Å². The molecule has 3 aromatic carbocycles. The smallest absolute Gasteiger partial charge is 0.487 e. The van der Waals surface area contributed by atoms with Crippen LogP contribution < -0.4 is 15.1 Å². The predicted octanol–water partition coefficient (Wildman–Crippen LogP) is 4.61. The number of hydrogen-bond acceptors (Lipinski definition) is 7. The second kappa shape index (κ2) is 12.6. The van der Waals surface area contributed by atoms with Gasteiger partial charge in [-0.3, -0.25) is 14.5 Å². The van der Waals surface area contributed by atoms with E-state index in [2.05, 4.69) is 45.0 Å². The first-order chi connectivity index (χ1) is 21.9. The highest BCUT2D eigenvalue weighted by Gasteiger charge is 2.58. The highest BCUT2D eigenvalue weighted by Crippen LogP contribution is 2.52. The molecule has 4 atom stereocenters. The standard InChI is InChI=1S/C35H39BINO7Si/c1-35(2,3)46(23-12-8-6-9-13-23,24-14-10-7-11-15-24)44-20-22-16-26-30(34(41)38(4)33(26)40)25-19-28(45-36(42)31(22)25)21-17-27(37)32(39)29(18-21)43-5/h6-15,17-18,25-26,28,30,39,42H,16,19-20H2,1-5H3/t25-,26-,28-,30+/m0/s1. The van der Waals surface area contributed by atoms with Crippen molar-refractivity contribution in [2.75, 3.05) is 20.8 Å². The monoisotopic (exact) mass is 751 g/mol. The number of amides is 2. The third-order valence-electron chi connectivity index (χ3n) is 9.95. The highest BCUT2D eigenvalue weighted by atomic mass is 127. The van der Waals surface area contributed by atoms with Gasteiger partial charge in [-0.25, -0.2) is 0 Å². The molecule has 2 amide bonds. The van der Waals surface area contributed by atoms with Gasteiger partial charge in [0.25, 0.3) is 8.32 Å². The van der Waals surface area contributed by atoms with E-state index >= 15 is 0 Å². The summed E-state index contributed by atoms with van der Waals surface area (Å²) in [5, 5.41) is 24.1. The van der Waals surface area contributed by atoms with Crippen LogP contribution in [0.1, 0.15) is 45.3 Å². The lowest BCUT2D eigenvalue weighted by atomic mass is 9.55. The summed E-state index contributed by atoms with van der Waals surface area (Å²) >= 11 is 2.03. The lowest BCUT2D eigenvalue weighted by Crippen LogP contribution is -2.66. The summed E-state index contributed by atoms with van der Waals surface area (Å²) in [5.41, 5.74) is 2.18. The number of aromatic hydroxyl groups is 1.